The highest BCUT2D eigenvalue weighted by Crippen LogP contribution is 2.36. The van der Waals surface area contributed by atoms with Crippen molar-refractivity contribution in [1.82, 2.24) is 4.98 Å². The van der Waals surface area contributed by atoms with Gasteiger partial charge in [0.1, 0.15) is 41.4 Å². The molecule has 1 aliphatic carbocycles. The molecule has 2 heterocycles. The van der Waals surface area contributed by atoms with Gasteiger partial charge in [-0.3, -0.25) is 4.79 Å². The van der Waals surface area contributed by atoms with E-state index in [9.17, 15) is 25.2 Å². The molecule has 0 aromatic heterocycles. The number of hydrogen-bond donors (Lipinski definition) is 4. The highest BCUT2D eigenvalue weighted by atomic mass is 35.5. The summed E-state index contributed by atoms with van der Waals surface area (Å²) in [6, 6.07) is 11.4. The number of aromatic nitrogens is 1. The minimum absolute atomic E-state index is 0.0523. The van der Waals surface area contributed by atoms with E-state index >= 15 is 0 Å². The van der Waals surface area contributed by atoms with Crippen LogP contribution in [0.5, 0.6) is 5.75 Å². The lowest BCUT2D eigenvalue weighted by Gasteiger charge is -2.39. The fourth-order valence-corrected chi connectivity index (χ4v) is 4.01. The first-order valence-electron chi connectivity index (χ1n) is 9.80. The zero-order chi connectivity index (χ0) is 22.6. The molecular formula is C22H18ClNO8. The second kappa shape index (κ2) is 7.96. The molecule has 2 aliphatic heterocycles. The number of aliphatic hydroxyl groups excluding tert-OH is 4. The van der Waals surface area contributed by atoms with Crippen LogP contribution in [0.1, 0.15) is 0 Å². The molecule has 5 rings (SSSR count). The van der Waals surface area contributed by atoms with Crippen LogP contribution in [-0.4, -0.2) is 62.7 Å². The Morgan fingerprint density at radius 1 is 1.03 bits per heavy atom. The van der Waals surface area contributed by atoms with Crippen molar-refractivity contribution >= 4 is 33.5 Å². The second-order valence-corrected chi connectivity index (χ2v) is 7.95. The average Bonchev–Trinajstić information content (AvgIpc) is 2.79. The summed E-state index contributed by atoms with van der Waals surface area (Å²) < 4.78 is 16.9. The first kappa shape index (κ1) is 21.1. The van der Waals surface area contributed by atoms with Gasteiger partial charge in [-0.25, -0.2) is 4.98 Å². The number of benzene rings is 3. The fraction of sp³-hybridized carbons (Fsp3) is 0.273. The number of rotatable bonds is 3. The van der Waals surface area contributed by atoms with Crippen LogP contribution in [0, 0.1) is 0 Å². The zero-order valence-electron chi connectivity index (χ0n) is 16.4. The molecule has 0 spiro atoms. The molecule has 3 aliphatic rings. The molecule has 166 valence electrons. The molecule has 1 fully saturated rings. The standard InChI is InChI=1S/C22H18ClNO8/c23-11-5-12-15(7-14(11)31-22-21(29)20(28)19(27)17(8-25)32-22)30-16-6-13(26)9-3-1-2-4-10(9)18(16)24-12/h1-7,17,19-22,25,27-29H,8H2/t17-,19+,20+,21-,22-/m1/s1. The van der Waals surface area contributed by atoms with Crippen LogP contribution < -0.4 is 10.2 Å². The number of nitrogens with zero attached hydrogens (tertiary/aromatic N) is 1. The summed E-state index contributed by atoms with van der Waals surface area (Å²) in [5.41, 5.74) is 0.972. The first-order chi connectivity index (χ1) is 15.4. The van der Waals surface area contributed by atoms with E-state index in [-0.39, 0.29) is 27.5 Å². The summed E-state index contributed by atoms with van der Waals surface area (Å²) in [5.74, 6) is 0.332. The number of fused-ring (bicyclic) bond motifs is 4. The third-order valence-corrected chi connectivity index (χ3v) is 5.80. The summed E-state index contributed by atoms with van der Waals surface area (Å²) in [6.07, 6.45) is -7.24. The molecule has 2 aromatic carbocycles. The maximum Gasteiger partial charge on any atom is 0.229 e. The van der Waals surface area contributed by atoms with Crippen molar-refractivity contribution in [2.24, 2.45) is 0 Å². The van der Waals surface area contributed by atoms with Gasteiger partial charge in [0.25, 0.3) is 0 Å². The van der Waals surface area contributed by atoms with Crippen LogP contribution in [0.15, 0.2) is 51.7 Å². The van der Waals surface area contributed by atoms with Crippen molar-refractivity contribution in [3.05, 3.63) is 57.7 Å². The summed E-state index contributed by atoms with van der Waals surface area (Å²) in [4.78, 5) is 17.0. The third-order valence-electron chi connectivity index (χ3n) is 5.50. The molecule has 9 nitrogen and oxygen atoms in total. The van der Waals surface area contributed by atoms with Gasteiger partial charge in [-0.05, 0) is 6.07 Å². The number of hydrogen-bond acceptors (Lipinski definition) is 9. The van der Waals surface area contributed by atoms with E-state index in [0.717, 1.165) is 0 Å². The van der Waals surface area contributed by atoms with Gasteiger partial charge in [-0.2, -0.15) is 0 Å². The van der Waals surface area contributed by atoms with Gasteiger partial charge in [0.05, 0.1) is 11.6 Å². The number of aliphatic hydroxyl groups is 4. The van der Waals surface area contributed by atoms with E-state index < -0.39 is 37.3 Å². The molecule has 4 N–H and O–H groups in total. The molecule has 0 bridgehead atoms. The maximum atomic E-state index is 12.4. The Labute approximate surface area is 185 Å². The van der Waals surface area contributed by atoms with Gasteiger partial charge < -0.3 is 34.3 Å². The summed E-state index contributed by atoms with van der Waals surface area (Å²) in [5, 5.41) is 40.7. The van der Waals surface area contributed by atoms with Gasteiger partial charge >= 0.3 is 0 Å². The predicted molar refractivity (Wildman–Crippen MR) is 114 cm³/mol. The topological polar surface area (TPSA) is 142 Å². The van der Waals surface area contributed by atoms with Gasteiger partial charge in [0.2, 0.25) is 6.29 Å². The quantitative estimate of drug-likeness (QED) is 0.263. The Bertz CT molecular complexity index is 1340. The van der Waals surface area contributed by atoms with Crippen LogP contribution in [0.4, 0.5) is 0 Å². The van der Waals surface area contributed by atoms with E-state index in [1.807, 2.05) is 0 Å². The molecule has 0 saturated carbocycles. The van der Waals surface area contributed by atoms with Crippen molar-refractivity contribution in [2.75, 3.05) is 6.61 Å². The van der Waals surface area contributed by atoms with Crippen LogP contribution >= 0.6 is 11.6 Å². The minimum atomic E-state index is -1.60. The van der Waals surface area contributed by atoms with E-state index in [0.29, 0.717) is 22.0 Å². The Morgan fingerprint density at radius 2 is 1.78 bits per heavy atom. The molecule has 0 amide bonds. The molecule has 10 heteroatoms. The molecule has 0 unspecified atom stereocenters. The smallest absolute Gasteiger partial charge is 0.229 e. The third kappa shape index (κ3) is 3.39. The van der Waals surface area contributed by atoms with Gasteiger partial charge in [-0.15, -0.1) is 0 Å². The van der Waals surface area contributed by atoms with Crippen molar-refractivity contribution < 1.29 is 34.3 Å². The van der Waals surface area contributed by atoms with E-state index in [2.05, 4.69) is 4.98 Å². The fourth-order valence-electron chi connectivity index (χ4n) is 3.81. The molecule has 2 aromatic rings. The van der Waals surface area contributed by atoms with Crippen LogP contribution in [0.25, 0.3) is 33.3 Å². The van der Waals surface area contributed by atoms with Crippen molar-refractivity contribution in [2.45, 2.75) is 30.7 Å². The SMILES string of the molecule is O=c1cc2oc3cc(O[C@@H]4O[C@H](CO)[C@H](O)[C@H](O)[C@H]4O)c(Cl)cc3nc-2c2ccccc12. The van der Waals surface area contributed by atoms with Crippen LogP contribution in [0.3, 0.4) is 0 Å². The minimum Gasteiger partial charge on any atom is -0.460 e. The predicted octanol–water partition coefficient (Wildman–Crippen LogP) is 1.28. The molecule has 5 atom stereocenters. The summed E-state index contributed by atoms with van der Waals surface area (Å²) in [6.45, 7) is -0.590. The van der Waals surface area contributed by atoms with Crippen molar-refractivity contribution in [1.29, 1.82) is 0 Å². The van der Waals surface area contributed by atoms with E-state index in [1.165, 1.54) is 18.2 Å². The average molecular weight is 460 g/mol. The summed E-state index contributed by atoms with van der Waals surface area (Å²) in [7, 11) is 0. The van der Waals surface area contributed by atoms with Gasteiger partial charge in [-0.1, -0.05) is 35.9 Å². The lowest BCUT2D eigenvalue weighted by Crippen LogP contribution is -2.60. The monoisotopic (exact) mass is 459 g/mol. The van der Waals surface area contributed by atoms with Crippen molar-refractivity contribution in [3.63, 3.8) is 0 Å². The molecular weight excluding hydrogens is 442 g/mol. The normalized spacial score (nSPS) is 26.1. The Morgan fingerprint density at radius 3 is 2.53 bits per heavy atom. The zero-order valence-corrected chi connectivity index (χ0v) is 17.1. The molecule has 32 heavy (non-hydrogen) atoms. The largest absolute Gasteiger partial charge is 0.460 e. The second-order valence-electron chi connectivity index (χ2n) is 7.55. The number of halogens is 1. The van der Waals surface area contributed by atoms with Crippen LogP contribution in [-0.2, 0) is 4.74 Å². The Balaban J connectivity index is 1.57. The highest BCUT2D eigenvalue weighted by molar-refractivity contribution is 6.32. The maximum absolute atomic E-state index is 12.4. The van der Waals surface area contributed by atoms with Crippen LogP contribution in [0.2, 0.25) is 5.02 Å². The lowest BCUT2D eigenvalue weighted by atomic mass is 9.99. The van der Waals surface area contributed by atoms with E-state index in [1.54, 1.807) is 24.3 Å². The lowest BCUT2D eigenvalue weighted by molar-refractivity contribution is -0.277. The first-order valence-corrected chi connectivity index (χ1v) is 10.2. The molecule has 0 radical (unpaired) electrons. The Hall–Kier alpha value is -2.79. The number of ether oxygens (including phenoxy) is 2. The van der Waals surface area contributed by atoms with Crippen molar-refractivity contribution in [3.8, 4) is 17.2 Å². The molecule has 1 saturated heterocycles. The van der Waals surface area contributed by atoms with Gasteiger partial charge in [0.15, 0.2) is 16.8 Å². The Kier molecular flexibility index (Phi) is 5.25. The highest BCUT2D eigenvalue weighted by Gasteiger charge is 2.44. The summed E-state index contributed by atoms with van der Waals surface area (Å²) >= 11 is 6.35. The van der Waals surface area contributed by atoms with E-state index in [4.69, 9.17) is 25.5 Å². The van der Waals surface area contributed by atoms with Gasteiger partial charge in [0, 0.05) is 22.9 Å².